The summed E-state index contributed by atoms with van der Waals surface area (Å²) in [5, 5.41) is 9.94. The van der Waals surface area contributed by atoms with E-state index in [9.17, 15) is 14.3 Å². The summed E-state index contributed by atoms with van der Waals surface area (Å²) in [6, 6.07) is 6.55. The Morgan fingerprint density at radius 3 is 2.76 bits per heavy atom. The van der Waals surface area contributed by atoms with Gasteiger partial charge in [-0.2, -0.15) is 0 Å². The average Bonchev–Trinajstić information content (AvgIpc) is 2.80. The van der Waals surface area contributed by atoms with Crippen LogP contribution in [0.2, 0.25) is 0 Å². The number of carbonyl (C=O) groups is 1. The number of aromatic carboxylic acids is 1. The first-order chi connectivity index (χ1) is 9.97. The minimum Gasteiger partial charge on any atom is -0.477 e. The molecule has 6 heteroatoms. The first kappa shape index (κ1) is 16.0. The highest BCUT2D eigenvalue weighted by Gasteiger charge is 2.18. The van der Waals surface area contributed by atoms with Gasteiger partial charge in [-0.05, 0) is 24.5 Å². The zero-order chi connectivity index (χ0) is 15.4. The van der Waals surface area contributed by atoms with Crippen LogP contribution in [0.1, 0.15) is 34.2 Å². The first-order valence-corrected chi connectivity index (χ1v) is 8.36. The van der Waals surface area contributed by atoms with Crippen LogP contribution in [-0.4, -0.2) is 16.1 Å². The minimum atomic E-state index is -0.940. The Hall–Kier alpha value is -1.40. The summed E-state index contributed by atoms with van der Waals surface area (Å²) in [6.07, 6.45) is 0.641. The van der Waals surface area contributed by atoms with Crippen LogP contribution in [0.5, 0.6) is 0 Å². The molecule has 0 atom stereocenters. The van der Waals surface area contributed by atoms with E-state index in [-0.39, 0.29) is 5.82 Å². The van der Waals surface area contributed by atoms with E-state index in [0.29, 0.717) is 33.6 Å². The summed E-state index contributed by atoms with van der Waals surface area (Å²) in [5.74, 6) is -0.383. The molecule has 0 aliphatic carbocycles. The number of rotatable bonds is 6. The molecule has 1 aromatic heterocycles. The molecule has 0 amide bonds. The normalized spacial score (nSPS) is 11.0. The third-order valence-electron chi connectivity index (χ3n) is 2.73. The van der Waals surface area contributed by atoms with E-state index >= 15 is 0 Å². The zero-order valence-electron chi connectivity index (χ0n) is 11.8. The van der Waals surface area contributed by atoms with Crippen LogP contribution in [-0.2, 0) is 12.2 Å². The molecule has 1 aromatic carbocycles. The molecule has 112 valence electrons. The molecule has 3 nitrogen and oxygen atoms in total. The van der Waals surface area contributed by atoms with Crippen molar-refractivity contribution in [2.24, 2.45) is 5.92 Å². The van der Waals surface area contributed by atoms with Crippen molar-refractivity contribution in [3.63, 3.8) is 0 Å². The van der Waals surface area contributed by atoms with Gasteiger partial charge in [0.2, 0.25) is 0 Å². The molecule has 0 radical (unpaired) electrons. The van der Waals surface area contributed by atoms with Gasteiger partial charge in [0.05, 0.1) is 11.4 Å². The molecule has 0 saturated carbocycles. The molecule has 0 saturated heterocycles. The summed E-state index contributed by atoms with van der Waals surface area (Å²) in [5.41, 5.74) is 0.631. The van der Waals surface area contributed by atoms with Gasteiger partial charge in [-0.25, -0.2) is 14.2 Å². The number of halogens is 1. The predicted molar refractivity (Wildman–Crippen MR) is 83.6 cm³/mol. The maximum atomic E-state index is 13.5. The van der Waals surface area contributed by atoms with Crippen molar-refractivity contribution in [3.8, 4) is 0 Å². The summed E-state index contributed by atoms with van der Waals surface area (Å²) in [7, 11) is 0. The van der Waals surface area contributed by atoms with E-state index in [1.165, 1.54) is 29.2 Å². The minimum absolute atomic E-state index is 0.264. The molecule has 21 heavy (non-hydrogen) atoms. The van der Waals surface area contributed by atoms with Gasteiger partial charge in [0, 0.05) is 4.90 Å². The Kier molecular flexibility index (Phi) is 5.36. The van der Waals surface area contributed by atoms with Gasteiger partial charge in [0.15, 0.2) is 0 Å². The summed E-state index contributed by atoms with van der Waals surface area (Å²) >= 11 is 2.51. The molecule has 0 spiro atoms. The van der Waals surface area contributed by atoms with E-state index in [1.54, 1.807) is 18.2 Å². The molecule has 0 bridgehead atoms. The first-order valence-electron chi connectivity index (χ1n) is 6.56. The molecular formula is C15H16FNO2S2. The third-order valence-corrected chi connectivity index (χ3v) is 5.05. The molecule has 1 N–H and O–H groups in total. The highest BCUT2D eigenvalue weighted by molar-refractivity contribution is 7.98. The van der Waals surface area contributed by atoms with Crippen LogP contribution in [0, 0.1) is 11.7 Å². The van der Waals surface area contributed by atoms with Crippen molar-refractivity contribution in [3.05, 3.63) is 45.7 Å². The lowest BCUT2D eigenvalue weighted by atomic mass is 10.1. The maximum absolute atomic E-state index is 13.5. The van der Waals surface area contributed by atoms with Gasteiger partial charge in [-0.15, -0.1) is 23.1 Å². The lowest BCUT2D eigenvalue weighted by molar-refractivity contribution is 0.0700. The van der Waals surface area contributed by atoms with Crippen molar-refractivity contribution in [2.75, 3.05) is 0 Å². The lowest BCUT2D eigenvalue weighted by Gasteiger charge is -2.02. The van der Waals surface area contributed by atoms with Crippen molar-refractivity contribution < 1.29 is 14.3 Å². The molecular weight excluding hydrogens is 309 g/mol. The molecule has 0 aliphatic heterocycles. The molecule has 1 heterocycles. The summed E-state index contributed by atoms with van der Waals surface area (Å²) in [6.45, 7) is 4.05. The standard InChI is InChI=1S/C15H16FNO2S2/c1-9(2)7-11-14(15(18)19)21-13(17-11)8-20-12-6-4-3-5-10(12)16/h3-6,9H,7-8H2,1-2H3,(H,18,19). The number of thioether (sulfide) groups is 1. The molecule has 2 rings (SSSR count). The van der Waals surface area contributed by atoms with Crippen LogP contribution in [0.15, 0.2) is 29.2 Å². The number of aromatic nitrogens is 1. The largest absolute Gasteiger partial charge is 0.477 e. The van der Waals surface area contributed by atoms with Crippen molar-refractivity contribution in [2.45, 2.75) is 30.9 Å². The summed E-state index contributed by atoms with van der Waals surface area (Å²) in [4.78, 5) is 16.5. The van der Waals surface area contributed by atoms with E-state index in [0.717, 1.165) is 5.01 Å². The van der Waals surface area contributed by atoms with Gasteiger partial charge in [-0.1, -0.05) is 26.0 Å². The van der Waals surface area contributed by atoms with Gasteiger partial charge < -0.3 is 5.11 Å². The van der Waals surface area contributed by atoms with E-state index < -0.39 is 5.97 Å². The Balaban J connectivity index is 2.14. The Morgan fingerprint density at radius 2 is 2.14 bits per heavy atom. The Labute approximate surface area is 131 Å². The molecule has 2 aromatic rings. The second-order valence-corrected chi connectivity index (χ2v) is 7.11. The SMILES string of the molecule is CC(C)Cc1nc(CSc2ccccc2F)sc1C(=O)O. The van der Waals surface area contributed by atoms with Crippen molar-refractivity contribution in [1.29, 1.82) is 0 Å². The van der Waals surface area contributed by atoms with E-state index in [2.05, 4.69) is 4.98 Å². The van der Waals surface area contributed by atoms with Crippen molar-refractivity contribution in [1.82, 2.24) is 4.98 Å². The van der Waals surface area contributed by atoms with Gasteiger partial charge >= 0.3 is 5.97 Å². The third kappa shape index (κ3) is 4.28. The number of hydrogen-bond donors (Lipinski definition) is 1. The monoisotopic (exact) mass is 325 g/mol. The fourth-order valence-electron chi connectivity index (χ4n) is 1.86. The maximum Gasteiger partial charge on any atom is 0.347 e. The quantitative estimate of drug-likeness (QED) is 0.796. The highest BCUT2D eigenvalue weighted by atomic mass is 32.2. The summed E-state index contributed by atoms with van der Waals surface area (Å²) < 4.78 is 13.5. The van der Waals surface area contributed by atoms with Gasteiger partial charge in [0.25, 0.3) is 0 Å². The van der Waals surface area contributed by atoms with E-state index in [4.69, 9.17) is 0 Å². The number of thiazole rings is 1. The van der Waals surface area contributed by atoms with Crippen LogP contribution < -0.4 is 0 Å². The number of benzene rings is 1. The fourth-order valence-corrected chi connectivity index (χ4v) is 3.72. The number of carboxylic acid groups (broad SMARTS) is 1. The Bertz CT molecular complexity index is 640. The van der Waals surface area contributed by atoms with Crippen LogP contribution in [0.25, 0.3) is 0 Å². The Morgan fingerprint density at radius 1 is 1.43 bits per heavy atom. The second-order valence-electron chi connectivity index (χ2n) is 5.01. The molecule has 0 unspecified atom stereocenters. The topological polar surface area (TPSA) is 50.2 Å². The second kappa shape index (κ2) is 7.04. The smallest absolute Gasteiger partial charge is 0.347 e. The van der Waals surface area contributed by atoms with Crippen molar-refractivity contribution >= 4 is 29.1 Å². The molecule has 0 fully saturated rings. The van der Waals surface area contributed by atoms with E-state index in [1.807, 2.05) is 13.8 Å². The lowest BCUT2D eigenvalue weighted by Crippen LogP contribution is -2.02. The number of nitrogens with zero attached hydrogens (tertiary/aromatic N) is 1. The highest BCUT2D eigenvalue weighted by Crippen LogP contribution is 2.29. The number of carboxylic acids is 1. The average molecular weight is 325 g/mol. The van der Waals surface area contributed by atoms with Gasteiger partial charge in [0.1, 0.15) is 15.7 Å². The van der Waals surface area contributed by atoms with Crippen LogP contribution in [0.4, 0.5) is 4.39 Å². The molecule has 0 aliphatic rings. The van der Waals surface area contributed by atoms with Crippen LogP contribution >= 0.6 is 23.1 Å². The zero-order valence-corrected chi connectivity index (χ0v) is 13.4. The predicted octanol–water partition coefficient (Wildman–Crippen LogP) is 4.47. The van der Waals surface area contributed by atoms with Gasteiger partial charge in [-0.3, -0.25) is 0 Å². The van der Waals surface area contributed by atoms with Crippen LogP contribution in [0.3, 0.4) is 0 Å². The number of hydrogen-bond acceptors (Lipinski definition) is 4. The fraction of sp³-hybridized carbons (Fsp3) is 0.333.